The maximum absolute atomic E-state index is 13.4. The van der Waals surface area contributed by atoms with Crippen LogP contribution < -0.4 is 5.32 Å². The average molecular weight is 470 g/mol. The number of hydrogen-bond donors (Lipinski definition) is 1. The second kappa shape index (κ2) is 8.32. The van der Waals surface area contributed by atoms with Crippen LogP contribution in [0.4, 0.5) is 4.79 Å². The zero-order valence-corrected chi connectivity index (χ0v) is 21.0. The minimum atomic E-state index is -0.721. The summed E-state index contributed by atoms with van der Waals surface area (Å²) in [4.78, 5) is 37.3. The Labute approximate surface area is 200 Å². The summed E-state index contributed by atoms with van der Waals surface area (Å²) in [5, 5.41) is 4.25. The quantitative estimate of drug-likeness (QED) is 0.684. The van der Waals surface area contributed by atoms with Gasteiger partial charge < -0.3 is 5.32 Å². The number of imide groups is 1. The number of fused-ring (bicyclic) bond motifs is 1. The largest absolute Gasteiger partial charge is 0.326 e. The molecule has 33 heavy (non-hydrogen) atoms. The third kappa shape index (κ3) is 4.29. The van der Waals surface area contributed by atoms with Gasteiger partial charge in [-0.3, -0.25) is 14.6 Å². The Morgan fingerprint density at radius 1 is 1.15 bits per heavy atom. The summed E-state index contributed by atoms with van der Waals surface area (Å²) in [6, 6.07) is 8.32. The molecule has 178 valence electrons. The van der Waals surface area contributed by atoms with Crippen molar-refractivity contribution in [2.75, 3.05) is 32.8 Å². The molecule has 1 aliphatic carbocycles. The number of rotatable bonds is 4. The van der Waals surface area contributed by atoms with Crippen LogP contribution in [0.2, 0.25) is 0 Å². The van der Waals surface area contributed by atoms with Crippen LogP contribution in [0.3, 0.4) is 0 Å². The van der Waals surface area contributed by atoms with Crippen LogP contribution in [0, 0.1) is 11.3 Å². The van der Waals surface area contributed by atoms with E-state index in [9.17, 15) is 9.59 Å². The molecule has 1 N–H and O–H groups in total. The molecule has 5 rings (SSSR count). The van der Waals surface area contributed by atoms with E-state index in [1.165, 1.54) is 9.60 Å². The molecule has 0 unspecified atom stereocenters. The molecule has 2 aromatic rings. The summed E-state index contributed by atoms with van der Waals surface area (Å²) in [5.74, 6) is 0.392. The molecular weight excluding hydrogens is 434 g/mol. The lowest BCUT2D eigenvalue weighted by Gasteiger charge is -2.44. The Hall–Kier alpha value is -2.03. The molecule has 0 bridgehead atoms. The fourth-order valence-electron chi connectivity index (χ4n) is 6.35. The normalized spacial score (nSPS) is 29.7. The zero-order chi connectivity index (χ0) is 23.4. The second-order valence-electron chi connectivity index (χ2n) is 11.1. The van der Waals surface area contributed by atoms with Crippen molar-refractivity contribution in [3.63, 3.8) is 0 Å². The first kappa shape index (κ1) is 22.7. The minimum Gasteiger partial charge on any atom is -0.323 e. The molecule has 1 aromatic carbocycles. The Kier molecular flexibility index (Phi) is 5.74. The van der Waals surface area contributed by atoms with Gasteiger partial charge in [0.05, 0.1) is 22.9 Å². The molecule has 1 saturated carbocycles. The van der Waals surface area contributed by atoms with Gasteiger partial charge in [0.25, 0.3) is 5.91 Å². The predicted octanol–water partition coefficient (Wildman–Crippen LogP) is 4.07. The number of carbonyl (C=O) groups is 2. The van der Waals surface area contributed by atoms with Crippen LogP contribution in [0.5, 0.6) is 0 Å². The van der Waals surface area contributed by atoms with Crippen molar-refractivity contribution in [1.82, 2.24) is 25.0 Å². The van der Waals surface area contributed by atoms with Crippen molar-refractivity contribution in [3.05, 3.63) is 29.3 Å². The van der Waals surface area contributed by atoms with Gasteiger partial charge in [0.15, 0.2) is 0 Å². The predicted molar refractivity (Wildman–Crippen MR) is 131 cm³/mol. The summed E-state index contributed by atoms with van der Waals surface area (Å²) in [7, 11) is 0. The van der Waals surface area contributed by atoms with E-state index in [4.69, 9.17) is 4.98 Å². The number of amides is 3. The van der Waals surface area contributed by atoms with Crippen molar-refractivity contribution in [2.24, 2.45) is 11.3 Å². The highest BCUT2D eigenvalue weighted by Gasteiger charge is 2.56. The molecule has 3 atom stereocenters. The fourth-order valence-corrected chi connectivity index (χ4v) is 7.41. The average Bonchev–Trinajstić information content (AvgIpc) is 3.27. The monoisotopic (exact) mass is 469 g/mol. The maximum atomic E-state index is 13.4. The van der Waals surface area contributed by atoms with Crippen LogP contribution in [0.15, 0.2) is 24.3 Å². The smallest absolute Gasteiger partial charge is 0.323 e. The number of piperazine rings is 1. The number of para-hydroxylation sites is 1. The third-order valence-electron chi connectivity index (χ3n) is 7.59. The van der Waals surface area contributed by atoms with Crippen LogP contribution >= 0.6 is 11.3 Å². The maximum Gasteiger partial charge on any atom is 0.326 e. The molecule has 0 radical (unpaired) electrons. The molecule has 1 aromatic heterocycles. The highest BCUT2D eigenvalue weighted by atomic mass is 32.1. The lowest BCUT2D eigenvalue weighted by atomic mass is 9.64. The Morgan fingerprint density at radius 2 is 1.88 bits per heavy atom. The highest BCUT2D eigenvalue weighted by molar-refractivity contribution is 7.18. The van der Waals surface area contributed by atoms with Gasteiger partial charge in [-0.05, 0) is 49.7 Å². The van der Waals surface area contributed by atoms with E-state index in [0.29, 0.717) is 12.6 Å². The van der Waals surface area contributed by atoms with E-state index in [2.05, 4.69) is 61.0 Å². The van der Waals surface area contributed by atoms with E-state index < -0.39 is 5.54 Å². The first-order valence-corrected chi connectivity index (χ1v) is 12.9. The van der Waals surface area contributed by atoms with E-state index >= 15 is 0 Å². The van der Waals surface area contributed by atoms with Gasteiger partial charge in [0.2, 0.25) is 0 Å². The molecule has 3 amide bonds. The van der Waals surface area contributed by atoms with Crippen LogP contribution in [-0.4, -0.2) is 70.0 Å². The van der Waals surface area contributed by atoms with Crippen LogP contribution in [0.1, 0.15) is 58.0 Å². The molecule has 3 aliphatic rings. The van der Waals surface area contributed by atoms with Crippen LogP contribution in [-0.2, 0) is 4.79 Å². The van der Waals surface area contributed by atoms with Gasteiger partial charge in [-0.15, -0.1) is 11.3 Å². The Balaban J connectivity index is 1.20. The van der Waals surface area contributed by atoms with E-state index in [0.717, 1.165) is 56.0 Å². The van der Waals surface area contributed by atoms with Gasteiger partial charge in [-0.25, -0.2) is 14.7 Å². The lowest BCUT2D eigenvalue weighted by Crippen LogP contribution is -2.55. The molecule has 7 nitrogen and oxygen atoms in total. The Morgan fingerprint density at radius 3 is 2.58 bits per heavy atom. The van der Waals surface area contributed by atoms with Crippen molar-refractivity contribution in [2.45, 2.75) is 58.5 Å². The van der Waals surface area contributed by atoms with Gasteiger partial charge in [-0.1, -0.05) is 32.9 Å². The van der Waals surface area contributed by atoms with E-state index in [-0.39, 0.29) is 23.4 Å². The minimum absolute atomic E-state index is 0.0302. The van der Waals surface area contributed by atoms with E-state index in [1.54, 1.807) is 11.3 Å². The van der Waals surface area contributed by atoms with Crippen molar-refractivity contribution < 1.29 is 9.59 Å². The molecule has 2 aliphatic heterocycles. The lowest BCUT2D eigenvalue weighted by molar-refractivity contribution is -0.136. The number of nitrogens with zero attached hydrogens (tertiary/aromatic N) is 4. The number of aromatic nitrogens is 1. The summed E-state index contributed by atoms with van der Waals surface area (Å²) in [6.45, 7) is 12.7. The number of benzene rings is 1. The first-order chi connectivity index (χ1) is 15.7. The SMILES string of the molecule is C[C@@H]1CC(C)(C)C[C@]2(C1)NC(=O)N(CN1CCN([C@@H](C)c3nc4ccccc4s3)CC1)C2=O. The van der Waals surface area contributed by atoms with Crippen molar-refractivity contribution in [3.8, 4) is 0 Å². The van der Waals surface area contributed by atoms with Gasteiger partial charge in [0, 0.05) is 26.2 Å². The molecule has 1 spiro atoms. The molecule has 2 saturated heterocycles. The van der Waals surface area contributed by atoms with Crippen molar-refractivity contribution in [1.29, 1.82) is 0 Å². The molecule has 8 heteroatoms. The van der Waals surface area contributed by atoms with Gasteiger partial charge in [0.1, 0.15) is 10.5 Å². The summed E-state index contributed by atoms with van der Waals surface area (Å²) in [5.41, 5.74) is 0.399. The first-order valence-electron chi connectivity index (χ1n) is 12.1. The summed E-state index contributed by atoms with van der Waals surface area (Å²) >= 11 is 1.77. The number of urea groups is 1. The molecular formula is C25H35N5O2S. The zero-order valence-electron chi connectivity index (χ0n) is 20.1. The third-order valence-corrected chi connectivity index (χ3v) is 8.79. The topological polar surface area (TPSA) is 68.8 Å². The Bertz CT molecular complexity index is 1030. The van der Waals surface area contributed by atoms with E-state index in [1.807, 2.05) is 6.07 Å². The van der Waals surface area contributed by atoms with Crippen molar-refractivity contribution >= 4 is 33.5 Å². The number of hydrogen-bond acceptors (Lipinski definition) is 6. The number of thiazole rings is 1. The standard InChI is InChI=1S/C25H35N5O2S/c1-17-13-24(3,4)15-25(14-17)22(31)30(23(32)27-25)16-28-9-11-29(12-10-28)18(2)21-26-19-7-5-6-8-20(19)33-21/h5-8,17-18H,9-16H2,1-4H3,(H,27,32)/t17-,18+,25+/m1/s1. The highest BCUT2D eigenvalue weighted by Crippen LogP contribution is 2.46. The molecule has 3 fully saturated rings. The van der Waals surface area contributed by atoms with Gasteiger partial charge in [-0.2, -0.15) is 0 Å². The number of carbonyl (C=O) groups excluding carboxylic acids is 2. The summed E-state index contributed by atoms with van der Waals surface area (Å²) < 4.78 is 1.23. The summed E-state index contributed by atoms with van der Waals surface area (Å²) in [6.07, 6.45) is 2.55. The molecule has 3 heterocycles. The van der Waals surface area contributed by atoms with Gasteiger partial charge >= 0.3 is 6.03 Å². The van der Waals surface area contributed by atoms with Crippen LogP contribution in [0.25, 0.3) is 10.2 Å². The second-order valence-corrected chi connectivity index (χ2v) is 12.2. The number of nitrogens with one attached hydrogen (secondary N) is 1. The fraction of sp³-hybridized carbons (Fsp3) is 0.640.